The number of amides is 1. The quantitative estimate of drug-likeness (QED) is 0.836. The molecule has 0 radical (unpaired) electrons. The van der Waals surface area contributed by atoms with Crippen LogP contribution in [-0.4, -0.2) is 33.7 Å². The molecule has 0 aromatic carbocycles. The molecule has 104 valence electrons. The standard InChI is InChI=1S/C15H23N3O/c1-11(2)18-8-6-14(16-18)15(19)17-7-5-13(10-17)9-12-3-4-12/h6,8,11-13H,3-5,7,9-10H2,1-2H3/t13-/m1/s1. The van der Waals surface area contributed by atoms with E-state index in [9.17, 15) is 4.79 Å². The van der Waals surface area contributed by atoms with Crippen LogP contribution in [0.3, 0.4) is 0 Å². The maximum atomic E-state index is 12.4. The van der Waals surface area contributed by atoms with Crippen LogP contribution in [0.15, 0.2) is 12.3 Å². The van der Waals surface area contributed by atoms with Gasteiger partial charge in [0, 0.05) is 25.3 Å². The Morgan fingerprint density at radius 1 is 1.37 bits per heavy atom. The zero-order valence-corrected chi connectivity index (χ0v) is 11.9. The highest BCUT2D eigenvalue weighted by Crippen LogP contribution is 2.38. The van der Waals surface area contributed by atoms with Crippen LogP contribution in [-0.2, 0) is 0 Å². The Kier molecular flexibility index (Phi) is 3.33. The Hall–Kier alpha value is -1.32. The van der Waals surface area contributed by atoms with Crippen LogP contribution < -0.4 is 0 Å². The summed E-state index contributed by atoms with van der Waals surface area (Å²) in [6.45, 7) is 5.99. The van der Waals surface area contributed by atoms with E-state index in [1.165, 1.54) is 25.7 Å². The summed E-state index contributed by atoms with van der Waals surface area (Å²) in [7, 11) is 0. The van der Waals surface area contributed by atoms with Gasteiger partial charge in [0.05, 0.1) is 0 Å². The molecule has 1 aliphatic carbocycles. The third-order valence-corrected chi connectivity index (χ3v) is 4.29. The van der Waals surface area contributed by atoms with Gasteiger partial charge in [0.2, 0.25) is 0 Å². The summed E-state index contributed by atoms with van der Waals surface area (Å²) in [5.74, 6) is 1.79. The summed E-state index contributed by atoms with van der Waals surface area (Å²) < 4.78 is 1.85. The average molecular weight is 261 g/mol. The fourth-order valence-electron chi connectivity index (χ4n) is 2.94. The van der Waals surface area contributed by atoms with Crippen molar-refractivity contribution in [3.05, 3.63) is 18.0 Å². The molecule has 1 saturated carbocycles. The van der Waals surface area contributed by atoms with E-state index in [-0.39, 0.29) is 5.91 Å². The second-order valence-electron chi connectivity index (χ2n) is 6.36. The molecule has 4 nitrogen and oxygen atoms in total. The lowest BCUT2D eigenvalue weighted by Crippen LogP contribution is -2.29. The van der Waals surface area contributed by atoms with Gasteiger partial charge >= 0.3 is 0 Å². The lowest BCUT2D eigenvalue weighted by molar-refractivity contribution is 0.0779. The van der Waals surface area contributed by atoms with Gasteiger partial charge in [-0.15, -0.1) is 0 Å². The first kappa shape index (κ1) is 12.7. The number of hydrogen-bond acceptors (Lipinski definition) is 2. The Balaban J connectivity index is 1.60. The molecule has 4 heteroatoms. The van der Waals surface area contributed by atoms with Crippen LogP contribution in [0.25, 0.3) is 0 Å². The van der Waals surface area contributed by atoms with E-state index >= 15 is 0 Å². The molecule has 2 heterocycles. The average Bonchev–Trinajstić information content (AvgIpc) is 2.91. The molecule has 1 aromatic heterocycles. The van der Waals surface area contributed by atoms with Crippen molar-refractivity contribution < 1.29 is 4.79 Å². The summed E-state index contributed by atoms with van der Waals surface area (Å²) in [5.41, 5.74) is 0.598. The van der Waals surface area contributed by atoms with Gasteiger partial charge in [0.25, 0.3) is 5.91 Å². The molecule has 19 heavy (non-hydrogen) atoms. The highest BCUT2D eigenvalue weighted by molar-refractivity contribution is 5.92. The van der Waals surface area contributed by atoms with E-state index in [1.54, 1.807) is 0 Å². The molecule has 0 unspecified atom stereocenters. The molecule has 1 saturated heterocycles. The molecule has 1 amide bonds. The minimum atomic E-state index is 0.109. The molecule has 1 aromatic rings. The Bertz CT molecular complexity index is 462. The predicted octanol–water partition coefficient (Wildman–Crippen LogP) is 2.73. The van der Waals surface area contributed by atoms with Crippen molar-refractivity contribution in [2.24, 2.45) is 11.8 Å². The van der Waals surface area contributed by atoms with Crippen molar-refractivity contribution in [2.75, 3.05) is 13.1 Å². The number of nitrogens with zero attached hydrogens (tertiary/aromatic N) is 3. The molecular weight excluding hydrogens is 238 g/mol. The van der Waals surface area contributed by atoms with Crippen molar-refractivity contribution in [2.45, 2.75) is 45.6 Å². The Labute approximate surface area is 114 Å². The normalized spacial score (nSPS) is 23.3. The topological polar surface area (TPSA) is 38.1 Å². The summed E-state index contributed by atoms with van der Waals surface area (Å²) in [5, 5.41) is 4.38. The number of carbonyl (C=O) groups excluding carboxylic acids is 1. The first-order chi connectivity index (χ1) is 9.13. The van der Waals surface area contributed by atoms with Crippen LogP contribution in [0.1, 0.15) is 56.1 Å². The van der Waals surface area contributed by atoms with E-state index in [0.29, 0.717) is 11.7 Å². The second kappa shape index (κ2) is 4.99. The first-order valence-electron chi connectivity index (χ1n) is 7.48. The zero-order chi connectivity index (χ0) is 13.4. The van der Waals surface area contributed by atoms with Crippen molar-refractivity contribution in [1.29, 1.82) is 0 Å². The van der Waals surface area contributed by atoms with Crippen LogP contribution in [0.4, 0.5) is 0 Å². The van der Waals surface area contributed by atoms with E-state index in [1.807, 2.05) is 21.8 Å². The highest BCUT2D eigenvalue weighted by Gasteiger charge is 2.32. The number of likely N-dealkylation sites (tertiary alicyclic amines) is 1. The van der Waals surface area contributed by atoms with E-state index < -0.39 is 0 Å². The van der Waals surface area contributed by atoms with Crippen molar-refractivity contribution in [1.82, 2.24) is 14.7 Å². The third kappa shape index (κ3) is 2.82. The Morgan fingerprint density at radius 3 is 2.79 bits per heavy atom. The molecule has 0 N–H and O–H groups in total. The van der Waals surface area contributed by atoms with Crippen LogP contribution in [0.5, 0.6) is 0 Å². The molecule has 1 atom stereocenters. The third-order valence-electron chi connectivity index (χ3n) is 4.29. The van der Waals surface area contributed by atoms with Gasteiger partial charge in [0.1, 0.15) is 5.69 Å². The number of aromatic nitrogens is 2. The van der Waals surface area contributed by atoms with Gasteiger partial charge in [0.15, 0.2) is 0 Å². The molecule has 0 spiro atoms. The smallest absolute Gasteiger partial charge is 0.274 e. The molecule has 2 aliphatic rings. The summed E-state index contributed by atoms with van der Waals surface area (Å²) >= 11 is 0. The Morgan fingerprint density at radius 2 is 2.16 bits per heavy atom. The zero-order valence-electron chi connectivity index (χ0n) is 11.9. The largest absolute Gasteiger partial charge is 0.337 e. The van der Waals surface area contributed by atoms with Gasteiger partial charge in [-0.1, -0.05) is 12.8 Å². The molecule has 2 fully saturated rings. The van der Waals surface area contributed by atoms with Crippen molar-refractivity contribution in [3.63, 3.8) is 0 Å². The predicted molar refractivity (Wildman–Crippen MR) is 74.0 cm³/mol. The van der Waals surface area contributed by atoms with Gasteiger partial charge in [-0.25, -0.2) is 0 Å². The van der Waals surface area contributed by atoms with Crippen molar-refractivity contribution >= 4 is 5.91 Å². The summed E-state index contributed by atoms with van der Waals surface area (Å²) in [4.78, 5) is 14.4. The lowest BCUT2D eigenvalue weighted by atomic mass is 10.0. The molecule has 3 rings (SSSR count). The summed E-state index contributed by atoms with van der Waals surface area (Å²) in [6, 6.07) is 2.15. The monoisotopic (exact) mass is 261 g/mol. The molecule has 1 aliphatic heterocycles. The fourth-order valence-corrected chi connectivity index (χ4v) is 2.94. The second-order valence-corrected chi connectivity index (χ2v) is 6.36. The van der Waals surface area contributed by atoms with Gasteiger partial charge in [-0.2, -0.15) is 5.10 Å². The lowest BCUT2D eigenvalue weighted by Gasteiger charge is -2.15. The number of rotatable bonds is 4. The number of hydrogen-bond donors (Lipinski definition) is 0. The van der Waals surface area contributed by atoms with E-state index in [4.69, 9.17) is 0 Å². The number of carbonyl (C=O) groups is 1. The molecule has 0 bridgehead atoms. The van der Waals surface area contributed by atoms with Crippen molar-refractivity contribution in [3.8, 4) is 0 Å². The minimum Gasteiger partial charge on any atom is -0.337 e. The van der Waals surface area contributed by atoms with E-state index in [2.05, 4.69) is 18.9 Å². The van der Waals surface area contributed by atoms with E-state index in [0.717, 1.165) is 24.9 Å². The van der Waals surface area contributed by atoms with Crippen LogP contribution >= 0.6 is 0 Å². The van der Waals surface area contributed by atoms with Gasteiger partial charge < -0.3 is 4.90 Å². The van der Waals surface area contributed by atoms with Gasteiger partial charge in [-0.05, 0) is 44.6 Å². The maximum absolute atomic E-state index is 12.4. The summed E-state index contributed by atoms with van der Waals surface area (Å²) in [6.07, 6.45) is 7.21. The maximum Gasteiger partial charge on any atom is 0.274 e. The molecular formula is C15H23N3O. The van der Waals surface area contributed by atoms with Crippen LogP contribution in [0, 0.1) is 11.8 Å². The van der Waals surface area contributed by atoms with Crippen LogP contribution in [0.2, 0.25) is 0 Å². The SMILES string of the molecule is CC(C)n1ccc(C(=O)N2CC[C@H](CC3CC3)C2)n1. The highest BCUT2D eigenvalue weighted by atomic mass is 16.2. The first-order valence-corrected chi connectivity index (χ1v) is 7.48. The minimum absolute atomic E-state index is 0.109. The van der Waals surface area contributed by atoms with Gasteiger partial charge in [-0.3, -0.25) is 9.48 Å². The fraction of sp³-hybridized carbons (Fsp3) is 0.733.